The maximum atomic E-state index is 12.1. The molecule has 1 aliphatic rings. The Morgan fingerprint density at radius 1 is 1.29 bits per heavy atom. The van der Waals surface area contributed by atoms with E-state index in [-0.39, 0.29) is 18.2 Å². The summed E-state index contributed by atoms with van der Waals surface area (Å²) in [6.45, 7) is 12.1. The van der Waals surface area contributed by atoms with Crippen LogP contribution in [0.3, 0.4) is 0 Å². The van der Waals surface area contributed by atoms with E-state index in [1.807, 2.05) is 26.1 Å². The van der Waals surface area contributed by atoms with Gasteiger partial charge < -0.3 is 19.5 Å². The summed E-state index contributed by atoms with van der Waals surface area (Å²) in [5.41, 5.74) is 1.99. The zero-order valence-corrected chi connectivity index (χ0v) is 18.1. The van der Waals surface area contributed by atoms with Crippen LogP contribution in [0, 0.1) is 6.57 Å². The number of halogens is 1. The van der Waals surface area contributed by atoms with Gasteiger partial charge in [-0.25, -0.2) is 19.6 Å². The van der Waals surface area contributed by atoms with Crippen molar-refractivity contribution in [3.05, 3.63) is 53.2 Å². The molecule has 0 saturated carbocycles. The fourth-order valence-corrected chi connectivity index (χ4v) is 3.99. The van der Waals surface area contributed by atoms with E-state index in [0.717, 1.165) is 23.9 Å². The third kappa shape index (κ3) is 4.42. The molecule has 1 amide bonds. The maximum absolute atomic E-state index is 12.1. The standard InChI is InChI=1S/C22H23ClN6O2/c1-14(2)31-22(30)28-9-6-16(7-10-28)29-11-8-17-20(25-13-26-21(17)29)27-19-5-4-15(24-3)12-18(19)23/h4-5,8,11-14,16H,6-7,9-10H2,1-2H3,(H,25,26,27). The highest BCUT2D eigenvalue weighted by Crippen LogP contribution is 2.33. The molecule has 1 aromatic carbocycles. The summed E-state index contributed by atoms with van der Waals surface area (Å²) in [4.78, 5) is 26.2. The fraction of sp³-hybridized carbons (Fsp3) is 0.364. The lowest BCUT2D eigenvalue weighted by atomic mass is 10.1. The van der Waals surface area contributed by atoms with Crippen LogP contribution in [-0.2, 0) is 4.74 Å². The van der Waals surface area contributed by atoms with Gasteiger partial charge in [-0.3, -0.25) is 0 Å². The van der Waals surface area contributed by atoms with Gasteiger partial charge in [-0.2, -0.15) is 0 Å². The van der Waals surface area contributed by atoms with Crippen molar-refractivity contribution in [1.82, 2.24) is 19.4 Å². The Labute approximate surface area is 185 Å². The number of ether oxygens (including phenoxy) is 1. The number of amides is 1. The van der Waals surface area contributed by atoms with Crippen LogP contribution < -0.4 is 5.32 Å². The Bertz CT molecular complexity index is 1140. The van der Waals surface area contributed by atoms with E-state index in [1.165, 1.54) is 6.33 Å². The minimum atomic E-state index is -0.249. The summed E-state index contributed by atoms with van der Waals surface area (Å²) >= 11 is 6.31. The number of aromatic nitrogens is 3. The van der Waals surface area contributed by atoms with Gasteiger partial charge in [0.25, 0.3) is 0 Å². The van der Waals surface area contributed by atoms with Crippen molar-refractivity contribution in [1.29, 1.82) is 0 Å². The Kier molecular flexibility index (Phi) is 5.96. The molecule has 1 saturated heterocycles. The molecule has 31 heavy (non-hydrogen) atoms. The number of nitrogens with one attached hydrogen (secondary N) is 1. The zero-order valence-electron chi connectivity index (χ0n) is 17.4. The van der Waals surface area contributed by atoms with E-state index in [9.17, 15) is 4.79 Å². The van der Waals surface area contributed by atoms with Crippen LogP contribution in [0.4, 0.5) is 22.0 Å². The number of anilines is 2. The first-order chi connectivity index (χ1) is 15.0. The largest absolute Gasteiger partial charge is 0.447 e. The molecule has 1 aliphatic heterocycles. The SMILES string of the molecule is [C-]#[N+]c1ccc(Nc2ncnc3c2ccn3C2CCN(C(=O)OC(C)C)CC2)c(Cl)c1. The van der Waals surface area contributed by atoms with Crippen LogP contribution in [0.1, 0.15) is 32.7 Å². The number of nitrogens with zero attached hydrogens (tertiary/aromatic N) is 5. The molecular formula is C22H23ClN6O2. The van der Waals surface area contributed by atoms with Crippen LogP contribution in [0.25, 0.3) is 15.9 Å². The first-order valence-corrected chi connectivity index (χ1v) is 10.5. The van der Waals surface area contributed by atoms with Crippen molar-refractivity contribution >= 4 is 45.9 Å². The van der Waals surface area contributed by atoms with Gasteiger partial charge in [-0.15, -0.1) is 0 Å². The van der Waals surface area contributed by atoms with Crippen LogP contribution in [-0.4, -0.2) is 44.7 Å². The summed E-state index contributed by atoms with van der Waals surface area (Å²) in [6, 6.07) is 7.33. The Hall–Kier alpha value is -3.31. The molecule has 2 aromatic heterocycles. The van der Waals surface area contributed by atoms with Crippen molar-refractivity contribution in [3.63, 3.8) is 0 Å². The monoisotopic (exact) mass is 438 g/mol. The van der Waals surface area contributed by atoms with Crippen LogP contribution in [0.15, 0.2) is 36.8 Å². The molecule has 0 bridgehead atoms. The van der Waals surface area contributed by atoms with Gasteiger partial charge in [0.15, 0.2) is 5.69 Å². The van der Waals surface area contributed by atoms with E-state index in [2.05, 4.69) is 24.7 Å². The average Bonchev–Trinajstić information content (AvgIpc) is 3.20. The van der Waals surface area contributed by atoms with E-state index < -0.39 is 0 Å². The summed E-state index contributed by atoms with van der Waals surface area (Å²) in [7, 11) is 0. The topological polar surface area (TPSA) is 76.6 Å². The summed E-state index contributed by atoms with van der Waals surface area (Å²) in [6.07, 6.45) is 4.83. The average molecular weight is 439 g/mol. The van der Waals surface area contributed by atoms with Crippen molar-refractivity contribution < 1.29 is 9.53 Å². The van der Waals surface area contributed by atoms with E-state index >= 15 is 0 Å². The van der Waals surface area contributed by atoms with Gasteiger partial charge in [0, 0.05) is 25.3 Å². The van der Waals surface area contributed by atoms with Gasteiger partial charge in [-0.1, -0.05) is 17.7 Å². The number of carbonyl (C=O) groups is 1. The number of piperidine rings is 1. The molecule has 8 nitrogen and oxygen atoms in total. The molecule has 0 aliphatic carbocycles. The van der Waals surface area contributed by atoms with Crippen molar-refractivity contribution in [3.8, 4) is 0 Å². The molecule has 0 unspecified atom stereocenters. The van der Waals surface area contributed by atoms with Gasteiger partial charge in [0.1, 0.15) is 17.8 Å². The highest BCUT2D eigenvalue weighted by Gasteiger charge is 2.26. The van der Waals surface area contributed by atoms with Gasteiger partial charge in [0.05, 0.1) is 28.8 Å². The van der Waals surface area contributed by atoms with E-state index in [0.29, 0.717) is 35.3 Å². The maximum Gasteiger partial charge on any atom is 0.410 e. The van der Waals surface area contributed by atoms with E-state index in [4.69, 9.17) is 22.9 Å². The quantitative estimate of drug-likeness (QED) is 0.539. The van der Waals surface area contributed by atoms with Gasteiger partial charge in [0.2, 0.25) is 0 Å². The van der Waals surface area contributed by atoms with Crippen LogP contribution in [0.5, 0.6) is 0 Å². The van der Waals surface area contributed by atoms with Crippen molar-refractivity contribution in [2.24, 2.45) is 0 Å². The lowest BCUT2D eigenvalue weighted by molar-refractivity contribution is 0.0663. The van der Waals surface area contributed by atoms with Crippen molar-refractivity contribution in [2.75, 3.05) is 18.4 Å². The molecule has 1 N–H and O–H groups in total. The first-order valence-electron chi connectivity index (χ1n) is 10.2. The molecule has 9 heteroatoms. The second kappa shape index (κ2) is 8.82. The van der Waals surface area contributed by atoms with Gasteiger partial charge in [-0.05, 0) is 44.9 Å². The van der Waals surface area contributed by atoms with Crippen LogP contribution >= 0.6 is 11.6 Å². The third-order valence-electron chi connectivity index (χ3n) is 5.30. The predicted octanol–water partition coefficient (Wildman–Crippen LogP) is 5.56. The Balaban J connectivity index is 1.52. The summed E-state index contributed by atoms with van der Waals surface area (Å²) < 4.78 is 7.46. The number of benzene rings is 1. The molecule has 0 radical (unpaired) electrons. The molecule has 160 valence electrons. The predicted molar refractivity (Wildman–Crippen MR) is 120 cm³/mol. The number of fused-ring (bicyclic) bond motifs is 1. The number of hydrogen-bond donors (Lipinski definition) is 1. The summed E-state index contributed by atoms with van der Waals surface area (Å²) in [5.74, 6) is 0.652. The number of likely N-dealkylation sites (tertiary alicyclic amines) is 1. The second-order valence-corrected chi connectivity index (χ2v) is 8.14. The number of rotatable bonds is 4. The number of hydrogen-bond acceptors (Lipinski definition) is 5. The Morgan fingerprint density at radius 3 is 2.74 bits per heavy atom. The second-order valence-electron chi connectivity index (χ2n) is 7.73. The highest BCUT2D eigenvalue weighted by atomic mass is 35.5. The van der Waals surface area contributed by atoms with Crippen LogP contribution in [0.2, 0.25) is 5.02 Å². The molecule has 1 fully saturated rings. The molecule has 0 spiro atoms. The molecule has 0 atom stereocenters. The molecule has 4 rings (SSSR count). The lowest BCUT2D eigenvalue weighted by Crippen LogP contribution is -2.40. The van der Waals surface area contributed by atoms with Gasteiger partial charge >= 0.3 is 6.09 Å². The number of carbonyl (C=O) groups excluding carboxylic acids is 1. The van der Waals surface area contributed by atoms with E-state index in [1.54, 1.807) is 23.1 Å². The normalized spacial score (nSPS) is 14.6. The summed E-state index contributed by atoms with van der Waals surface area (Å²) in [5, 5.41) is 4.60. The highest BCUT2D eigenvalue weighted by molar-refractivity contribution is 6.33. The lowest BCUT2D eigenvalue weighted by Gasteiger charge is -2.32. The minimum Gasteiger partial charge on any atom is -0.447 e. The molecular weight excluding hydrogens is 416 g/mol. The fourth-order valence-electron chi connectivity index (χ4n) is 3.77. The molecule has 3 aromatic rings. The smallest absolute Gasteiger partial charge is 0.410 e. The first kappa shape index (κ1) is 20.9. The zero-order chi connectivity index (χ0) is 22.0. The third-order valence-corrected chi connectivity index (χ3v) is 5.61. The Morgan fingerprint density at radius 2 is 2.06 bits per heavy atom. The minimum absolute atomic E-state index is 0.118. The molecule has 3 heterocycles. The van der Waals surface area contributed by atoms with Crippen molar-refractivity contribution in [2.45, 2.75) is 38.8 Å².